The number of hydrogen-bond donors (Lipinski definition) is 0. The van der Waals surface area contributed by atoms with E-state index < -0.39 is 4.92 Å². The topological polar surface area (TPSA) is 107 Å². The van der Waals surface area contributed by atoms with Crippen molar-refractivity contribution < 1.29 is 14.5 Å². The summed E-state index contributed by atoms with van der Waals surface area (Å²) >= 11 is 0. The Balaban J connectivity index is 1.40. The van der Waals surface area contributed by atoms with E-state index in [0.29, 0.717) is 36.1 Å². The number of amides is 1. The number of morpholine rings is 1. The molecule has 2 aromatic rings. The summed E-state index contributed by atoms with van der Waals surface area (Å²) in [6.07, 6.45) is 1.95. The van der Waals surface area contributed by atoms with Gasteiger partial charge in [-0.25, -0.2) is 4.68 Å². The highest BCUT2D eigenvalue weighted by molar-refractivity contribution is 5.93. The molecule has 2 saturated heterocycles. The highest BCUT2D eigenvalue weighted by Gasteiger charge is 2.28. The predicted octanol–water partition coefficient (Wildman–Crippen LogP) is 1.67. The summed E-state index contributed by atoms with van der Waals surface area (Å²) in [4.78, 5) is 27.9. The molecule has 10 nitrogen and oxygen atoms in total. The average Bonchev–Trinajstić information content (AvgIpc) is 3.16. The Kier molecular flexibility index (Phi) is 6.05. The number of benzene rings is 1. The molecule has 0 aliphatic carbocycles. The van der Waals surface area contributed by atoms with Gasteiger partial charge in [-0.2, -0.15) is 0 Å². The Morgan fingerprint density at radius 1 is 1.23 bits per heavy atom. The molecule has 10 heteroatoms. The lowest BCUT2D eigenvalue weighted by atomic mass is 9.95. The average molecular weight is 414 g/mol. The molecule has 0 atom stereocenters. The van der Waals surface area contributed by atoms with Gasteiger partial charge in [-0.3, -0.25) is 19.8 Å². The van der Waals surface area contributed by atoms with Crippen LogP contribution in [0, 0.1) is 23.0 Å². The largest absolute Gasteiger partial charge is 0.379 e. The van der Waals surface area contributed by atoms with Crippen LogP contribution in [0.4, 0.5) is 5.69 Å². The number of carbonyl (C=O) groups is 1. The van der Waals surface area contributed by atoms with Gasteiger partial charge < -0.3 is 9.64 Å². The van der Waals surface area contributed by atoms with Crippen LogP contribution in [-0.4, -0.2) is 81.6 Å². The number of non-ortho nitro benzene ring substituents is 1. The fourth-order valence-corrected chi connectivity index (χ4v) is 4.13. The number of ether oxygens (including phenoxy) is 1. The molecule has 0 bridgehead atoms. The quantitative estimate of drug-likeness (QED) is 0.541. The van der Waals surface area contributed by atoms with Crippen LogP contribution >= 0.6 is 0 Å². The van der Waals surface area contributed by atoms with Crippen molar-refractivity contribution >= 4 is 11.6 Å². The van der Waals surface area contributed by atoms with Crippen molar-refractivity contribution in [3.05, 3.63) is 45.8 Å². The van der Waals surface area contributed by atoms with Gasteiger partial charge in [-0.15, -0.1) is 5.10 Å². The third-order valence-corrected chi connectivity index (χ3v) is 5.90. The third kappa shape index (κ3) is 4.34. The maximum absolute atomic E-state index is 13.0. The first-order chi connectivity index (χ1) is 14.5. The molecule has 1 aromatic carbocycles. The number of carbonyl (C=O) groups excluding carboxylic acids is 1. The maximum Gasteiger partial charge on any atom is 0.276 e. The number of nitro groups is 1. The number of piperidine rings is 1. The van der Waals surface area contributed by atoms with Gasteiger partial charge in [-0.05, 0) is 31.7 Å². The molecule has 4 rings (SSSR count). The fourth-order valence-electron chi connectivity index (χ4n) is 4.13. The number of nitrogens with zero attached hydrogens (tertiary/aromatic N) is 6. The molecule has 3 heterocycles. The minimum atomic E-state index is -0.455. The Hall–Kier alpha value is -2.85. The highest BCUT2D eigenvalue weighted by atomic mass is 16.6. The number of hydrogen-bond acceptors (Lipinski definition) is 7. The van der Waals surface area contributed by atoms with E-state index in [1.165, 1.54) is 16.8 Å². The molecule has 160 valence electrons. The second kappa shape index (κ2) is 8.88. The van der Waals surface area contributed by atoms with Crippen molar-refractivity contribution in [1.82, 2.24) is 24.8 Å². The Morgan fingerprint density at radius 3 is 2.67 bits per heavy atom. The SMILES string of the molecule is Cc1c(C(=O)N2CCC(CN3CCOCC3)CC2)nnn1-c1cccc([N+](=O)[O-])c1. The summed E-state index contributed by atoms with van der Waals surface area (Å²) in [6.45, 7) is 7.81. The van der Waals surface area contributed by atoms with Gasteiger partial charge in [0.1, 0.15) is 0 Å². The fraction of sp³-hybridized carbons (Fsp3) is 0.550. The second-order valence-electron chi connectivity index (χ2n) is 7.86. The van der Waals surface area contributed by atoms with Gasteiger partial charge in [0.05, 0.1) is 29.5 Å². The van der Waals surface area contributed by atoms with E-state index in [1.807, 2.05) is 4.90 Å². The Morgan fingerprint density at radius 2 is 1.97 bits per heavy atom. The Labute approximate surface area is 174 Å². The highest BCUT2D eigenvalue weighted by Crippen LogP contribution is 2.22. The molecule has 1 aromatic heterocycles. The van der Waals surface area contributed by atoms with Crippen LogP contribution in [0.3, 0.4) is 0 Å². The lowest BCUT2D eigenvalue weighted by molar-refractivity contribution is -0.384. The van der Waals surface area contributed by atoms with Crippen molar-refractivity contribution in [2.24, 2.45) is 5.92 Å². The lowest BCUT2D eigenvalue weighted by Gasteiger charge is -2.35. The molecular formula is C20H26N6O4. The normalized spacial score (nSPS) is 18.5. The number of likely N-dealkylation sites (tertiary alicyclic amines) is 1. The summed E-state index contributed by atoms with van der Waals surface area (Å²) in [7, 11) is 0. The van der Waals surface area contributed by atoms with Crippen LogP contribution in [0.1, 0.15) is 29.0 Å². The van der Waals surface area contributed by atoms with Crippen LogP contribution in [0.15, 0.2) is 24.3 Å². The van der Waals surface area contributed by atoms with Crippen molar-refractivity contribution in [2.75, 3.05) is 45.9 Å². The molecule has 0 unspecified atom stereocenters. The smallest absolute Gasteiger partial charge is 0.276 e. The second-order valence-corrected chi connectivity index (χ2v) is 7.86. The molecule has 1 amide bonds. The number of aromatic nitrogens is 3. The van der Waals surface area contributed by atoms with Crippen LogP contribution in [-0.2, 0) is 4.74 Å². The Bertz CT molecular complexity index is 916. The van der Waals surface area contributed by atoms with E-state index in [0.717, 1.165) is 45.7 Å². The van der Waals surface area contributed by atoms with Crippen LogP contribution in [0.5, 0.6) is 0 Å². The van der Waals surface area contributed by atoms with Crippen molar-refractivity contribution in [3.8, 4) is 5.69 Å². The molecule has 2 fully saturated rings. The monoisotopic (exact) mass is 414 g/mol. The van der Waals surface area contributed by atoms with Gasteiger partial charge >= 0.3 is 0 Å². The van der Waals surface area contributed by atoms with E-state index in [2.05, 4.69) is 15.2 Å². The van der Waals surface area contributed by atoms with E-state index in [-0.39, 0.29) is 11.6 Å². The molecule has 2 aliphatic heterocycles. The molecule has 0 N–H and O–H groups in total. The van der Waals surface area contributed by atoms with E-state index in [4.69, 9.17) is 4.74 Å². The van der Waals surface area contributed by atoms with Gasteiger partial charge in [-0.1, -0.05) is 11.3 Å². The van der Waals surface area contributed by atoms with E-state index in [1.54, 1.807) is 19.1 Å². The van der Waals surface area contributed by atoms with E-state index in [9.17, 15) is 14.9 Å². The van der Waals surface area contributed by atoms with Gasteiger partial charge in [0.25, 0.3) is 11.6 Å². The van der Waals surface area contributed by atoms with Crippen LogP contribution < -0.4 is 0 Å². The van der Waals surface area contributed by atoms with Crippen molar-refractivity contribution in [2.45, 2.75) is 19.8 Å². The minimum absolute atomic E-state index is 0.0300. The summed E-state index contributed by atoms with van der Waals surface area (Å²) in [5.41, 5.74) is 1.36. The molecule has 0 saturated carbocycles. The van der Waals surface area contributed by atoms with Crippen molar-refractivity contribution in [3.63, 3.8) is 0 Å². The zero-order valence-corrected chi connectivity index (χ0v) is 17.1. The molecule has 0 radical (unpaired) electrons. The van der Waals surface area contributed by atoms with Gasteiger partial charge in [0.15, 0.2) is 5.69 Å². The van der Waals surface area contributed by atoms with Crippen LogP contribution in [0.25, 0.3) is 5.69 Å². The van der Waals surface area contributed by atoms with Crippen molar-refractivity contribution in [1.29, 1.82) is 0 Å². The lowest BCUT2D eigenvalue weighted by Crippen LogP contribution is -2.44. The van der Waals surface area contributed by atoms with Gasteiger partial charge in [0, 0.05) is 44.9 Å². The minimum Gasteiger partial charge on any atom is -0.379 e. The summed E-state index contributed by atoms with van der Waals surface area (Å²) in [5.74, 6) is 0.461. The zero-order chi connectivity index (χ0) is 21.1. The predicted molar refractivity (Wildman–Crippen MR) is 109 cm³/mol. The number of rotatable bonds is 5. The van der Waals surface area contributed by atoms with E-state index >= 15 is 0 Å². The summed E-state index contributed by atoms with van der Waals surface area (Å²) < 4.78 is 6.88. The third-order valence-electron chi connectivity index (χ3n) is 5.90. The molecule has 0 spiro atoms. The first kappa shape index (κ1) is 20.4. The summed E-state index contributed by atoms with van der Waals surface area (Å²) in [5, 5.41) is 19.2. The zero-order valence-electron chi connectivity index (χ0n) is 17.1. The van der Waals surface area contributed by atoms with Gasteiger partial charge in [0.2, 0.25) is 0 Å². The molecular weight excluding hydrogens is 388 g/mol. The maximum atomic E-state index is 13.0. The summed E-state index contributed by atoms with van der Waals surface area (Å²) in [6, 6.07) is 6.14. The number of nitro benzene ring substituents is 1. The first-order valence-electron chi connectivity index (χ1n) is 10.3. The first-order valence-corrected chi connectivity index (χ1v) is 10.3. The molecule has 30 heavy (non-hydrogen) atoms. The molecule has 2 aliphatic rings. The van der Waals surface area contributed by atoms with Crippen LogP contribution in [0.2, 0.25) is 0 Å². The standard InChI is InChI=1S/C20H26N6O4/c1-15-19(21-22-25(15)17-3-2-4-18(13-17)26(28)29)20(27)24-7-5-16(6-8-24)14-23-9-11-30-12-10-23/h2-4,13,16H,5-12,14H2,1H3.